The second kappa shape index (κ2) is 16.1. The van der Waals surface area contributed by atoms with Gasteiger partial charge in [0.2, 0.25) is 0 Å². The van der Waals surface area contributed by atoms with Gasteiger partial charge >= 0.3 is 0 Å². The van der Waals surface area contributed by atoms with Gasteiger partial charge in [0, 0.05) is 56.5 Å². The van der Waals surface area contributed by atoms with Crippen molar-refractivity contribution in [1.29, 1.82) is 0 Å². The first-order chi connectivity index (χ1) is 32.2. The molecule has 0 fully saturated rings. The molecule has 12 aromatic rings. The molecule has 0 atom stereocenters. The van der Waals surface area contributed by atoms with Crippen LogP contribution in [0, 0.1) is 0 Å². The Bertz CT molecular complexity index is 3730. The summed E-state index contributed by atoms with van der Waals surface area (Å²) in [5, 5.41) is 3.47. The number of hydrogen-bond acceptors (Lipinski definition) is 5. The average molecular weight is 831 g/mol. The lowest BCUT2D eigenvalue weighted by Crippen LogP contribution is -2.00. The van der Waals surface area contributed by atoms with E-state index in [1.807, 2.05) is 48.7 Å². The number of pyridine rings is 2. The van der Waals surface area contributed by atoms with Gasteiger partial charge in [-0.1, -0.05) is 152 Å². The Balaban J connectivity index is 0.912. The summed E-state index contributed by atoms with van der Waals surface area (Å²) < 4.78 is 2.35. The average Bonchev–Trinajstić information content (AvgIpc) is 3.73. The molecule has 304 valence electrons. The Morgan fingerprint density at radius 1 is 0.292 bits per heavy atom. The summed E-state index contributed by atoms with van der Waals surface area (Å²) in [6.07, 6.45) is 3.67. The maximum absolute atomic E-state index is 5.19. The van der Waals surface area contributed by atoms with Crippen molar-refractivity contribution >= 4 is 32.8 Å². The fraction of sp³-hybridized carbons (Fsp3) is 0. The van der Waals surface area contributed by atoms with E-state index in [0.29, 0.717) is 17.5 Å². The fourth-order valence-corrected chi connectivity index (χ4v) is 8.91. The molecular formula is C59H38N6. The molecule has 0 unspecified atom stereocenters. The van der Waals surface area contributed by atoms with Gasteiger partial charge in [0.15, 0.2) is 23.1 Å². The first-order valence-corrected chi connectivity index (χ1v) is 21.7. The van der Waals surface area contributed by atoms with E-state index in [1.54, 1.807) is 6.20 Å². The number of aromatic nitrogens is 6. The molecule has 0 saturated heterocycles. The summed E-state index contributed by atoms with van der Waals surface area (Å²) in [4.78, 5) is 24.4. The van der Waals surface area contributed by atoms with E-state index in [2.05, 4.69) is 190 Å². The van der Waals surface area contributed by atoms with Crippen molar-refractivity contribution < 1.29 is 0 Å². The third-order valence-electron chi connectivity index (χ3n) is 12.1. The van der Waals surface area contributed by atoms with E-state index in [9.17, 15) is 0 Å². The first-order valence-electron chi connectivity index (χ1n) is 21.7. The van der Waals surface area contributed by atoms with Crippen LogP contribution in [0.4, 0.5) is 0 Å². The Morgan fingerprint density at radius 2 is 0.769 bits per heavy atom. The highest BCUT2D eigenvalue weighted by Crippen LogP contribution is 2.37. The maximum Gasteiger partial charge on any atom is 0.164 e. The standard InChI is InChI=1S/C59H38N6/c1-3-14-39(15-4-1)57-62-58(48-22-11-19-43(34-48)41-17-9-16-40(32-41)42-18-10-21-45(33-42)50-36-47-24-13-31-60-56(47)61-38-50)64-59(63-57)49-23-12-20-44(35-49)46-29-30-53-52-27-7-8-28-54(52)65(55(53)37-46)51-25-5-2-6-26-51/h1-38H. The zero-order chi connectivity index (χ0) is 43.1. The highest BCUT2D eigenvalue weighted by atomic mass is 15.0. The summed E-state index contributed by atoms with van der Waals surface area (Å²) >= 11 is 0. The third kappa shape index (κ3) is 7.19. The van der Waals surface area contributed by atoms with E-state index >= 15 is 0 Å². The van der Waals surface area contributed by atoms with Crippen LogP contribution in [0.3, 0.4) is 0 Å². The van der Waals surface area contributed by atoms with Gasteiger partial charge in [0.05, 0.1) is 11.0 Å². The van der Waals surface area contributed by atoms with Gasteiger partial charge in [-0.05, 0) is 106 Å². The number of hydrogen-bond donors (Lipinski definition) is 0. The second-order valence-electron chi connectivity index (χ2n) is 16.2. The molecule has 0 aliphatic carbocycles. The molecule has 0 aliphatic rings. The van der Waals surface area contributed by atoms with Gasteiger partial charge in [0.1, 0.15) is 0 Å². The Morgan fingerprint density at radius 3 is 1.40 bits per heavy atom. The molecule has 4 heterocycles. The summed E-state index contributed by atoms with van der Waals surface area (Å²) in [6, 6.07) is 76.5. The molecular weight excluding hydrogens is 793 g/mol. The number of nitrogens with zero attached hydrogens (tertiary/aromatic N) is 6. The Kier molecular flexibility index (Phi) is 9.38. The zero-order valence-corrected chi connectivity index (χ0v) is 35.1. The Labute approximate surface area is 375 Å². The number of fused-ring (bicyclic) bond motifs is 4. The predicted octanol–water partition coefficient (Wildman–Crippen LogP) is 14.6. The number of benzene rings is 8. The van der Waals surface area contributed by atoms with Crippen LogP contribution in [0.25, 0.3) is 117 Å². The van der Waals surface area contributed by atoms with Crippen LogP contribution in [-0.2, 0) is 0 Å². The number of rotatable bonds is 8. The largest absolute Gasteiger partial charge is 0.309 e. The molecule has 0 radical (unpaired) electrons. The van der Waals surface area contributed by atoms with Crippen molar-refractivity contribution in [2.75, 3.05) is 0 Å². The lowest BCUT2D eigenvalue weighted by molar-refractivity contribution is 1.07. The van der Waals surface area contributed by atoms with Gasteiger partial charge in [-0.2, -0.15) is 0 Å². The quantitative estimate of drug-likeness (QED) is 0.153. The fourth-order valence-electron chi connectivity index (χ4n) is 8.91. The zero-order valence-electron chi connectivity index (χ0n) is 35.1. The van der Waals surface area contributed by atoms with E-state index in [1.165, 1.54) is 16.3 Å². The molecule has 12 rings (SSSR count). The topological polar surface area (TPSA) is 69.4 Å². The second-order valence-corrected chi connectivity index (χ2v) is 16.2. The normalized spacial score (nSPS) is 11.4. The highest BCUT2D eigenvalue weighted by Gasteiger charge is 2.16. The van der Waals surface area contributed by atoms with E-state index in [-0.39, 0.29) is 0 Å². The molecule has 0 spiro atoms. The molecule has 8 aromatic carbocycles. The minimum atomic E-state index is 0.609. The van der Waals surface area contributed by atoms with Crippen molar-refractivity contribution in [3.05, 3.63) is 231 Å². The first kappa shape index (κ1) is 37.9. The minimum absolute atomic E-state index is 0.609. The van der Waals surface area contributed by atoms with Crippen molar-refractivity contribution in [3.8, 4) is 84.4 Å². The van der Waals surface area contributed by atoms with Crippen LogP contribution in [0.2, 0.25) is 0 Å². The van der Waals surface area contributed by atoms with E-state index in [0.717, 1.165) is 83.4 Å². The summed E-state index contributed by atoms with van der Waals surface area (Å²) in [6.45, 7) is 0. The maximum atomic E-state index is 5.19. The summed E-state index contributed by atoms with van der Waals surface area (Å²) in [5.41, 5.74) is 15.7. The highest BCUT2D eigenvalue weighted by molar-refractivity contribution is 6.10. The SMILES string of the molecule is c1ccc(-c2nc(-c3cccc(-c4cccc(-c5cccc(-c6cnc7ncccc7c6)c5)c4)c3)nc(-c3cccc(-c4ccc5c6ccccc6n(-c6ccccc6)c5c4)c3)n2)cc1. The molecule has 65 heavy (non-hydrogen) atoms. The van der Waals surface area contributed by atoms with Gasteiger partial charge in [-0.25, -0.2) is 24.9 Å². The number of para-hydroxylation sites is 2. The van der Waals surface area contributed by atoms with Crippen LogP contribution in [0.5, 0.6) is 0 Å². The molecule has 0 aliphatic heterocycles. The van der Waals surface area contributed by atoms with Crippen molar-refractivity contribution in [1.82, 2.24) is 29.5 Å². The van der Waals surface area contributed by atoms with Crippen LogP contribution >= 0.6 is 0 Å². The molecule has 6 nitrogen and oxygen atoms in total. The lowest BCUT2D eigenvalue weighted by atomic mass is 9.96. The monoisotopic (exact) mass is 830 g/mol. The molecule has 0 saturated carbocycles. The third-order valence-corrected chi connectivity index (χ3v) is 12.1. The van der Waals surface area contributed by atoms with Crippen molar-refractivity contribution in [3.63, 3.8) is 0 Å². The molecule has 4 aromatic heterocycles. The van der Waals surface area contributed by atoms with Crippen LogP contribution in [0.1, 0.15) is 0 Å². The molecule has 6 heteroatoms. The van der Waals surface area contributed by atoms with Gasteiger partial charge in [0.25, 0.3) is 0 Å². The van der Waals surface area contributed by atoms with E-state index < -0.39 is 0 Å². The van der Waals surface area contributed by atoms with Gasteiger partial charge < -0.3 is 4.57 Å². The molecule has 0 N–H and O–H groups in total. The molecule has 0 bridgehead atoms. The smallest absolute Gasteiger partial charge is 0.164 e. The van der Waals surface area contributed by atoms with Gasteiger partial charge in [-0.15, -0.1) is 0 Å². The molecule has 0 amide bonds. The van der Waals surface area contributed by atoms with Crippen LogP contribution in [-0.4, -0.2) is 29.5 Å². The van der Waals surface area contributed by atoms with E-state index in [4.69, 9.17) is 15.0 Å². The van der Waals surface area contributed by atoms with Crippen LogP contribution < -0.4 is 0 Å². The lowest BCUT2D eigenvalue weighted by Gasteiger charge is -2.12. The van der Waals surface area contributed by atoms with Crippen LogP contribution in [0.15, 0.2) is 231 Å². The predicted molar refractivity (Wildman–Crippen MR) is 265 cm³/mol. The van der Waals surface area contributed by atoms with Gasteiger partial charge in [-0.3, -0.25) is 0 Å². The summed E-state index contributed by atoms with van der Waals surface area (Å²) in [5.74, 6) is 1.84. The Hall–Kier alpha value is -8.87. The minimum Gasteiger partial charge on any atom is -0.309 e. The van der Waals surface area contributed by atoms with Crippen molar-refractivity contribution in [2.24, 2.45) is 0 Å². The summed E-state index contributed by atoms with van der Waals surface area (Å²) in [7, 11) is 0. The van der Waals surface area contributed by atoms with Crippen molar-refractivity contribution in [2.45, 2.75) is 0 Å².